The van der Waals surface area contributed by atoms with E-state index in [1.807, 2.05) is 0 Å². The van der Waals surface area contributed by atoms with Crippen LogP contribution in [0, 0.1) is 28.6 Å². The molecule has 1 aromatic heterocycles. The molecule has 0 aromatic carbocycles. The lowest BCUT2D eigenvalue weighted by atomic mass is 9.73. The van der Waals surface area contributed by atoms with Crippen LogP contribution in [0.5, 0.6) is 0 Å². The van der Waals surface area contributed by atoms with Gasteiger partial charge >= 0.3 is 12.1 Å². The lowest BCUT2D eigenvalue weighted by Gasteiger charge is -2.34. The SMILES string of the molecule is C/C(=C\c1coc(CO)n1)[C@@H]1CC2CC2(C(F)(F)F)C/C=C/[C@H](C)[C@H](O)[C@@H](C)C(=O)C(C)(C)[C@@H](O)CC(=O)O1. The second-order valence-corrected chi connectivity index (χ2v) is 11.6. The van der Waals surface area contributed by atoms with Gasteiger partial charge in [-0.15, -0.1) is 0 Å². The largest absolute Gasteiger partial charge is 0.458 e. The first-order valence-electron chi connectivity index (χ1n) is 13.1. The third kappa shape index (κ3) is 6.63. The molecule has 0 bridgehead atoms. The summed E-state index contributed by atoms with van der Waals surface area (Å²) in [6, 6.07) is 0. The number of carbonyl (C=O) groups excluding carboxylic acids is 2. The molecule has 39 heavy (non-hydrogen) atoms. The summed E-state index contributed by atoms with van der Waals surface area (Å²) in [6.45, 7) is 7.24. The van der Waals surface area contributed by atoms with Gasteiger partial charge in [0.25, 0.3) is 0 Å². The van der Waals surface area contributed by atoms with E-state index in [-0.39, 0.29) is 25.2 Å². The van der Waals surface area contributed by atoms with Crippen LogP contribution in [0.1, 0.15) is 71.9 Å². The number of fused-ring (bicyclic) bond motifs is 1. The topological polar surface area (TPSA) is 130 Å². The van der Waals surface area contributed by atoms with E-state index in [2.05, 4.69) is 4.98 Å². The maximum absolute atomic E-state index is 14.2. The van der Waals surface area contributed by atoms with Crippen LogP contribution >= 0.6 is 0 Å². The molecule has 0 radical (unpaired) electrons. The van der Waals surface area contributed by atoms with Crippen LogP contribution in [0.15, 0.2) is 28.4 Å². The molecule has 8 nitrogen and oxygen atoms in total. The number of rotatable bonds is 3. The fourth-order valence-corrected chi connectivity index (χ4v) is 5.37. The number of halogens is 3. The van der Waals surface area contributed by atoms with Gasteiger partial charge < -0.3 is 24.5 Å². The number of ketones is 1. The Morgan fingerprint density at radius 1 is 1.23 bits per heavy atom. The van der Waals surface area contributed by atoms with Gasteiger partial charge in [0.1, 0.15) is 30.5 Å². The molecule has 1 saturated carbocycles. The molecule has 2 aliphatic rings. The summed E-state index contributed by atoms with van der Waals surface area (Å²) in [5.74, 6) is -3.67. The molecule has 3 N–H and O–H groups in total. The monoisotopic (exact) mass is 557 g/mol. The van der Waals surface area contributed by atoms with E-state index in [1.54, 1.807) is 13.8 Å². The molecule has 0 amide bonds. The highest BCUT2D eigenvalue weighted by atomic mass is 19.4. The van der Waals surface area contributed by atoms with Crippen molar-refractivity contribution in [1.82, 2.24) is 4.98 Å². The molecule has 11 heteroatoms. The number of oxazole rings is 1. The molecule has 218 valence electrons. The number of aromatic nitrogens is 1. The number of hydrogen-bond acceptors (Lipinski definition) is 8. The number of nitrogens with zero attached hydrogens (tertiary/aromatic N) is 1. The molecule has 0 spiro atoms. The van der Waals surface area contributed by atoms with Crippen molar-refractivity contribution in [3.8, 4) is 0 Å². The van der Waals surface area contributed by atoms with Crippen molar-refractivity contribution in [2.45, 2.75) is 91.4 Å². The highest BCUT2D eigenvalue weighted by Crippen LogP contribution is 2.66. The van der Waals surface area contributed by atoms with Crippen LogP contribution in [-0.4, -0.2) is 56.5 Å². The number of allylic oxidation sites excluding steroid dienone is 1. The van der Waals surface area contributed by atoms with Gasteiger partial charge in [-0.05, 0) is 43.8 Å². The summed E-state index contributed by atoms with van der Waals surface area (Å²) >= 11 is 0. The Balaban J connectivity index is 1.98. The Labute approximate surface area is 225 Å². The summed E-state index contributed by atoms with van der Waals surface area (Å²) in [5.41, 5.74) is -2.69. The van der Waals surface area contributed by atoms with Gasteiger partial charge in [0.2, 0.25) is 5.89 Å². The van der Waals surface area contributed by atoms with Crippen LogP contribution in [-0.2, 0) is 20.9 Å². The second kappa shape index (κ2) is 11.5. The van der Waals surface area contributed by atoms with Crippen LogP contribution in [0.25, 0.3) is 6.08 Å². The van der Waals surface area contributed by atoms with E-state index in [1.165, 1.54) is 45.3 Å². The van der Waals surface area contributed by atoms with Crippen molar-refractivity contribution in [2.75, 3.05) is 0 Å². The predicted octanol–water partition coefficient (Wildman–Crippen LogP) is 4.38. The molecular formula is C28H38F3NO7. The number of cyclic esters (lactones) is 1. The molecule has 3 rings (SSSR count). The number of carbonyl (C=O) groups is 2. The number of aliphatic hydroxyl groups excluding tert-OH is 3. The van der Waals surface area contributed by atoms with Crippen molar-refractivity contribution in [2.24, 2.45) is 28.6 Å². The van der Waals surface area contributed by atoms with Gasteiger partial charge in [0.15, 0.2) is 0 Å². The van der Waals surface area contributed by atoms with E-state index in [4.69, 9.17) is 9.15 Å². The smallest absolute Gasteiger partial charge is 0.395 e. The molecule has 0 saturated heterocycles. The van der Waals surface area contributed by atoms with Crippen molar-refractivity contribution >= 4 is 17.8 Å². The molecule has 7 atom stereocenters. The zero-order chi connectivity index (χ0) is 29.3. The number of esters is 1. The maximum atomic E-state index is 14.2. The lowest BCUT2D eigenvalue weighted by molar-refractivity contribution is -0.192. The molecule has 1 aromatic rings. The van der Waals surface area contributed by atoms with E-state index < -0.39 is 77.9 Å². The number of alkyl halides is 3. The normalized spacial score (nSPS) is 35.7. The van der Waals surface area contributed by atoms with Crippen LogP contribution < -0.4 is 0 Å². The first kappa shape index (κ1) is 31.0. The third-order valence-corrected chi connectivity index (χ3v) is 8.37. The zero-order valence-corrected chi connectivity index (χ0v) is 22.9. The summed E-state index contributed by atoms with van der Waals surface area (Å²) in [7, 11) is 0. The standard InChI is InChI=1S/C28H38F3NO7/c1-15-7-6-8-27(28(29,30)31)12-18(27)10-20(16(2)9-19-14-38-22(13-33)32-19)39-23(35)11-21(34)26(4,5)25(37)17(3)24(15)36/h6-7,9,14-15,17-18,20-21,24,33-34,36H,8,10-13H2,1-5H3/b7-6+,16-9+/t15-,17+,18?,20-,21-,24-,27?/m0/s1. The molecule has 2 heterocycles. The van der Waals surface area contributed by atoms with E-state index in [0.29, 0.717) is 11.3 Å². The highest BCUT2D eigenvalue weighted by molar-refractivity contribution is 5.88. The number of Topliss-reactive ketones (excluding diaryl/α,β-unsaturated/α-hetero) is 1. The molecular weight excluding hydrogens is 519 g/mol. The summed E-state index contributed by atoms with van der Waals surface area (Å²) < 4.78 is 53.5. The molecule has 1 aliphatic carbocycles. The average Bonchev–Trinajstić information content (AvgIpc) is 3.38. The fraction of sp³-hybridized carbons (Fsp3) is 0.679. The Bertz CT molecular complexity index is 1110. The lowest BCUT2D eigenvalue weighted by Crippen LogP contribution is -2.45. The Hall–Kier alpha value is -2.50. The van der Waals surface area contributed by atoms with Crippen molar-refractivity contribution in [3.63, 3.8) is 0 Å². The Kier molecular flexibility index (Phi) is 9.19. The number of aliphatic hydroxyl groups is 3. The fourth-order valence-electron chi connectivity index (χ4n) is 5.37. The van der Waals surface area contributed by atoms with Crippen molar-refractivity contribution in [3.05, 3.63) is 35.6 Å². The van der Waals surface area contributed by atoms with Gasteiger partial charge in [0, 0.05) is 11.8 Å². The molecule has 2 unspecified atom stereocenters. The minimum absolute atomic E-state index is 0.0534. The Morgan fingerprint density at radius 2 is 1.90 bits per heavy atom. The van der Waals surface area contributed by atoms with Gasteiger partial charge in [-0.3, -0.25) is 9.59 Å². The van der Waals surface area contributed by atoms with Crippen molar-refractivity contribution in [1.29, 1.82) is 0 Å². The summed E-state index contributed by atoms with van der Waals surface area (Å²) in [5, 5.41) is 30.7. The van der Waals surface area contributed by atoms with Crippen LogP contribution in [0.3, 0.4) is 0 Å². The van der Waals surface area contributed by atoms with E-state index >= 15 is 0 Å². The maximum Gasteiger partial charge on any atom is 0.395 e. The highest BCUT2D eigenvalue weighted by Gasteiger charge is 2.69. The van der Waals surface area contributed by atoms with Gasteiger partial charge in [-0.25, -0.2) is 4.98 Å². The van der Waals surface area contributed by atoms with Gasteiger partial charge in [-0.1, -0.05) is 39.8 Å². The first-order chi connectivity index (χ1) is 18.0. The summed E-state index contributed by atoms with van der Waals surface area (Å²) in [6.07, 6.45) is -3.65. The number of hydrogen-bond donors (Lipinski definition) is 3. The van der Waals surface area contributed by atoms with E-state index in [0.717, 1.165) is 0 Å². The van der Waals surface area contributed by atoms with E-state index in [9.17, 15) is 38.1 Å². The average molecular weight is 558 g/mol. The quantitative estimate of drug-likeness (QED) is 0.369. The minimum Gasteiger partial charge on any atom is -0.458 e. The summed E-state index contributed by atoms with van der Waals surface area (Å²) in [4.78, 5) is 30.2. The van der Waals surface area contributed by atoms with Crippen LogP contribution in [0.2, 0.25) is 0 Å². The number of ether oxygens (including phenoxy) is 1. The van der Waals surface area contributed by atoms with Crippen molar-refractivity contribution < 1.29 is 47.2 Å². The third-order valence-electron chi connectivity index (χ3n) is 8.37. The minimum atomic E-state index is -4.51. The molecule has 1 fully saturated rings. The first-order valence-corrected chi connectivity index (χ1v) is 13.1. The van der Waals surface area contributed by atoms with Gasteiger partial charge in [-0.2, -0.15) is 13.2 Å². The zero-order valence-electron chi connectivity index (χ0n) is 22.9. The molecule has 1 aliphatic heterocycles. The predicted molar refractivity (Wildman–Crippen MR) is 135 cm³/mol. The Morgan fingerprint density at radius 3 is 2.49 bits per heavy atom. The van der Waals surface area contributed by atoms with Crippen LogP contribution in [0.4, 0.5) is 13.2 Å². The second-order valence-electron chi connectivity index (χ2n) is 11.6. The van der Waals surface area contributed by atoms with Gasteiger partial charge in [0.05, 0.1) is 29.5 Å².